The number of nitrogens with one attached hydrogen (secondary N) is 3. The van der Waals surface area contributed by atoms with Gasteiger partial charge in [-0.05, 0) is 49.4 Å². The zero-order valence-corrected chi connectivity index (χ0v) is 30.6. The number of alkyl halides is 3. The highest BCUT2D eigenvalue weighted by atomic mass is 32.2. The predicted molar refractivity (Wildman–Crippen MR) is 185 cm³/mol. The number of carboxylic acids is 1. The summed E-state index contributed by atoms with van der Waals surface area (Å²) in [6.45, 7) is 6.69. The van der Waals surface area contributed by atoms with Gasteiger partial charge in [0.1, 0.15) is 23.8 Å². The van der Waals surface area contributed by atoms with E-state index < -0.39 is 80.9 Å². The Balaban J connectivity index is 0.00000126. The van der Waals surface area contributed by atoms with Crippen molar-refractivity contribution in [2.24, 2.45) is 0 Å². The van der Waals surface area contributed by atoms with Crippen LogP contribution in [0.3, 0.4) is 0 Å². The molecule has 0 unspecified atom stereocenters. The lowest BCUT2D eigenvalue weighted by molar-refractivity contribution is -0.192. The number of aliphatic hydroxyl groups excluding tert-OH is 1. The zero-order chi connectivity index (χ0) is 39.8. The molecule has 3 rings (SSSR count). The molecule has 0 spiro atoms. The second-order valence-electron chi connectivity index (χ2n) is 12.7. The highest BCUT2D eigenvalue weighted by Gasteiger charge is 2.38. The number of sulfone groups is 1. The number of amides is 2. The minimum atomic E-state index is -5.08. The first-order chi connectivity index (χ1) is 24.8. The number of carbonyl (C=O) groups excluding carboxylic acids is 2. The van der Waals surface area contributed by atoms with Crippen LogP contribution in [0, 0.1) is 18.6 Å². The van der Waals surface area contributed by atoms with Gasteiger partial charge in [-0.2, -0.15) is 13.2 Å². The Hall–Kier alpha value is -3.87. The van der Waals surface area contributed by atoms with Crippen LogP contribution in [0.25, 0.3) is 0 Å². The molecule has 0 saturated carbocycles. The second kappa shape index (κ2) is 21.7. The van der Waals surface area contributed by atoms with Crippen LogP contribution in [0.15, 0.2) is 42.5 Å². The summed E-state index contributed by atoms with van der Waals surface area (Å²) in [6.07, 6.45) is -5.54. The number of aliphatic carboxylic acids is 1. The topological polar surface area (TPSA) is 180 Å². The maximum Gasteiger partial charge on any atom is 0.490 e. The molecule has 298 valence electrons. The summed E-state index contributed by atoms with van der Waals surface area (Å²) in [7, 11) is -3.87. The fraction of sp³-hybridized carbons (Fsp3) is 0.571. The Labute approximate surface area is 305 Å². The number of ether oxygens (including phenoxy) is 2. The molecule has 1 aliphatic heterocycles. The van der Waals surface area contributed by atoms with Crippen molar-refractivity contribution in [2.45, 2.75) is 102 Å². The third kappa shape index (κ3) is 16.8. The normalized spacial score (nSPS) is 16.2. The predicted octanol–water partition coefficient (Wildman–Crippen LogP) is 4.35. The molecule has 0 radical (unpaired) electrons. The summed E-state index contributed by atoms with van der Waals surface area (Å²) in [5.41, 5.74) is 2.20. The first-order valence-electron chi connectivity index (χ1n) is 17.1. The van der Waals surface area contributed by atoms with Crippen LogP contribution >= 0.6 is 0 Å². The fourth-order valence-electron chi connectivity index (χ4n) is 5.51. The number of rotatable bonds is 18. The van der Waals surface area contributed by atoms with Crippen molar-refractivity contribution in [3.8, 4) is 0 Å². The van der Waals surface area contributed by atoms with Gasteiger partial charge in [0.2, 0.25) is 5.91 Å². The average Bonchev–Trinajstić information content (AvgIpc) is 3.56. The maximum absolute atomic E-state index is 14.1. The summed E-state index contributed by atoms with van der Waals surface area (Å²) in [5, 5.41) is 25.8. The molecule has 4 atom stereocenters. The number of carbonyl (C=O) groups is 3. The Bertz CT molecular complexity index is 1560. The molecule has 1 fully saturated rings. The SMILES string of the molecule is CCCC(CCC)S(=O)(=O)C[C@@H](NC(=O)O[C@H]1CCOC1)C(=O)N[C@@H](Cc1cc(F)cc(F)c1)[C@H](O)CNCc1cccc(C)c1.O=C(O)C(F)(F)F. The van der Waals surface area contributed by atoms with E-state index in [1.807, 2.05) is 45.0 Å². The number of hydrogen-bond donors (Lipinski definition) is 5. The first kappa shape index (κ1) is 45.3. The smallest absolute Gasteiger partial charge is 0.475 e. The van der Waals surface area contributed by atoms with Gasteiger partial charge in [-0.15, -0.1) is 0 Å². The molecule has 12 nitrogen and oxygen atoms in total. The van der Waals surface area contributed by atoms with Gasteiger partial charge in [0, 0.05) is 25.6 Å². The van der Waals surface area contributed by atoms with Gasteiger partial charge in [-0.1, -0.05) is 56.5 Å². The molecule has 2 aromatic rings. The molecule has 0 aliphatic carbocycles. The van der Waals surface area contributed by atoms with Crippen molar-refractivity contribution in [3.05, 3.63) is 70.8 Å². The van der Waals surface area contributed by atoms with Gasteiger partial charge in [-0.25, -0.2) is 26.8 Å². The minimum absolute atomic E-state index is 0.00806. The molecule has 1 heterocycles. The summed E-state index contributed by atoms with van der Waals surface area (Å²) in [4.78, 5) is 35.4. The van der Waals surface area contributed by atoms with E-state index in [1.54, 1.807) is 0 Å². The molecular weight excluding hydrogens is 733 g/mol. The van der Waals surface area contributed by atoms with E-state index >= 15 is 0 Å². The van der Waals surface area contributed by atoms with E-state index in [9.17, 15) is 45.1 Å². The average molecular weight is 782 g/mol. The lowest BCUT2D eigenvalue weighted by Gasteiger charge is -2.28. The van der Waals surface area contributed by atoms with Gasteiger partial charge < -0.3 is 35.6 Å². The number of hydrogen-bond acceptors (Lipinski definition) is 9. The standard InChI is InChI=1S/C33H47F2N3O7S.C2HF3O2/c1-4-7-28(8-5-2)46(42,43)21-30(38-33(41)45-27-11-12-44-20-27)32(40)37-29(16-24-14-25(34)17-26(35)15-24)31(39)19-36-18-23-10-6-9-22(3)13-23;3-2(4,5)1(6)7/h6,9-10,13-15,17,27-31,36,39H,4-5,7-8,11-12,16,18-21H2,1-3H3,(H,37,40)(H,38,41);(H,6,7)/t27-,29-,30+,31+;/m0./s1. The number of carboxylic acid groups (broad SMARTS) is 1. The van der Waals surface area contributed by atoms with Crippen LogP contribution in [0.5, 0.6) is 0 Å². The van der Waals surface area contributed by atoms with E-state index in [0.29, 0.717) is 51.3 Å². The summed E-state index contributed by atoms with van der Waals surface area (Å²) in [6, 6.07) is 7.99. The molecule has 0 bridgehead atoms. The minimum Gasteiger partial charge on any atom is -0.475 e. The van der Waals surface area contributed by atoms with E-state index in [1.165, 1.54) is 0 Å². The van der Waals surface area contributed by atoms with Gasteiger partial charge in [0.15, 0.2) is 9.84 Å². The van der Waals surface area contributed by atoms with Gasteiger partial charge >= 0.3 is 18.2 Å². The van der Waals surface area contributed by atoms with Crippen LogP contribution in [0.1, 0.15) is 62.6 Å². The Kier molecular flexibility index (Phi) is 18.6. The van der Waals surface area contributed by atoms with Gasteiger partial charge in [-0.3, -0.25) is 4.79 Å². The van der Waals surface area contributed by atoms with Crippen LogP contribution in [0.2, 0.25) is 0 Å². The zero-order valence-electron chi connectivity index (χ0n) is 29.8. The Morgan fingerprint density at radius 3 is 2.15 bits per heavy atom. The summed E-state index contributed by atoms with van der Waals surface area (Å²) < 4.78 is 97.4. The molecule has 5 N–H and O–H groups in total. The Morgan fingerprint density at radius 2 is 1.62 bits per heavy atom. The molecule has 2 aromatic carbocycles. The molecule has 53 heavy (non-hydrogen) atoms. The Morgan fingerprint density at radius 1 is 1.00 bits per heavy atom. The van der Waals surface area contributed by atoms with E-state index in [4.69, 9.17) is 19.4 Å². The highest BCUT2D eigenvalue weighted by molar-refractivity contribution is 7.92. The highest BCUT2D eigenvalue weighted by Crippen LogP contribution is 2.18. The number of aliphatic hydroxyl groups is 1. The number of alkyl carbamates (subject to hydrolysis) is 1. The molecular formula is C35H48F5N3O9S. The third-order valence-corrected chi connectivity index (χ3v) is 10.4. The number of benzene rings is 2. The van der Waals surface area contributed by atoms with E-state index in [2.05, 4.69) is 16.0 Å². The number of halogens is 5. The van der Waals surface area contributed by atoms with Crippen LogP contribution in [-0.2, 0) is 41.9 Å². The maximum atomic E-state index is 14.1. The van der Waals surface area contributed by atoms with Crippen molar-refractivity contribution < 1.29 is 64.4 Å². The molecule has 1 saturated heterocycles. The third-order valence-electron chi connectivity index (χ3n) is 8.08. The van der Waals surface area contributed by atoms with Crippen molar-refractivity contribution in [1.82, 2.24) is 16.0 Å². The molecule has 2 amide bonds. The van der Waals surface area contributed by atoms with Crippen LogP contribution < -0.4 is 16.0 Å². The van der Waals surface area contributed by atoms with Gasteiger partial charge in [0.05, 0.1) is 36.4 Å². The fourth-order valence-corrected chi connectivity index (χ4v) is 7.67. The van der Waals surface area contributed by atoms with Crippen molar-refractivity contribution in [3.63, 3.8) is 0 Å². The van der Waals surface area contributed by atoms with Gasteiger partial charge in [0.25, 0.3) is 0 Å². The largest absolute Gasteiger partial charge is 0.490 e. The van der Waals surface area contributed by atoms with Crippen molar-refractivity contribution >= 4 is 27.8 Å². The van der Waals surface area contributed by atoms with E-state index in [0.717, 1.165) is 23.3 Å². The summed E-state index contributed by atoms with van der Waals surface area (Å²) >= 11 is 0. The van der Waals surface area contributed by atoms with E-state index in [-0.39, 0.29) is 25.1 Å². The number of aryl methyl sites for hydroxylation is 1. The van der Waals surface area contributed by atoms with Crippen molar-refractivity contribution in [2.75, 3.05) is 25.5 Å². The second-order valence-corrected chi connectivity index (χ2v) is 15.0. The van der Waals surface area contributed by atoms with Crippen LogP contribution in [0.4, 0.5) is 26.7 Å². The molecule has 0 aromatic heterocycles. The monoisotopic (exact) mass is 781 g/mol. The lowest BCUT2D eigenvalue weighted by Crippen LogP contribution is -2.57. The summed E-state index contributed by atoms with van der Waals surface area (Å²) in [5.74, 6) is -5.98. The molecule has 1 aliphatic rings. The molecule has 18 heteroatoms. The van der Waals surface area contributed by atoms with Crippen LogP contribution in [-0.4, -0.2) is 97.8 Å². The van der Waals surface area contributed by atoms with Crippen molar-refractivity contribution in [1.29, 1.82) is 0 Å². The first-order valence-corrected chi connectivity index (χ1v) is 18.8. The lowest BCUT2D eigenvalue weighted by atomic mass is 10.00. The quantitative estimate of drug-likeness (QED) is 0.137.